The normalized spacial score (nSPS) is 17.0. The molecule has 0 bridgehead atoms. The Morgan fingerprint density at radius 1 is 1.07 bits per heavy atom. The van der Waals surface area contributed by atoms with Gasteiger partial charge in [-0.15, -0.1) is 0 Å². The Morgan fingerprint density at radius 3 is 2.45 bits per heavy atom. The molecule has 5 nitrogen and oxygen atoms in total. The van der Waals surface area contributed by atoms with Gasteiger partial charge < -0.3 is 14.5 Å². The Balaban J connectivity index is 1.81. The van der Waals surface area contributed by atoms with Crippen LogP contribution in [0.4, 0.5) is 0 Å². The molecule has 154 valence electrons. The fraction of sp³-hybridized carbons (Fsp3) is 0.417. The highest BCUT2D eigenvalue weighted by Crippen LogP contribution is 2.20. The molecule has 3 rings (SSSR count). The zero-order valence-corrected chi connectivity index (χ0v) is 17.3. The zero-order valence-electron chi connectivity index (χ0n) is 17.3. The summed E-state index contributed by atoms with van der Waals surface area (Å²) in [5.74, 6) is -0.136. The van der Waals surface area contributed by atoms with Crippen LogP contribution in [0.1, 0.15) is 39.1 Å². The van der Waals surface area contributed by atoms with Crippen molar-refractivity contribution in [3.05, 3.63) is 71.3 Å². The van der Waals surface area contributed by atoms with Crippen LogP contribution in [0.25, 0.3) is 0 Å². The van der Waals surface area contributed by atoms with Crippen LogP contribution in [0.2, 0.25) is 0 Å². The third-order valence-electron chi connectivity index (χ3n) is 5.56. The number of rotatable bonds is 7. The molecule has 0 radical (unpaired) electrons. The minimum atomic E-state index is -0.477. The number of likely N-dealkylation sites (tertiary alicyclic amines) is 1. The standard InChI is InChI=1S/C24H30N2O3/c1-25-15-8-11-20(17-25)18-26(16-14-19-9-4-3-5-10-19)23(27)21-12-6-7-13-22(21)24(28)29-2/h3-7,9-10,12-13,20H,8,11,14-18H2,1-2H3. The van der Waals surface area contributed by atoms with Crippen molar-refractivity contribution < 1.29 is 14.3 Å². The molecule has 1 heterocycles. The summed E-state index contributed by atoms with van der Waals surface area (Å²) >= 11 is 0. The molecule has 0 aliphatic carbocycles. The first-order chi connectivity index (χ1) is 14.1. The Labute approximate surface area is 173 Å². The summed E-state index contributed by atoms with van der Waals surface area (Å²) in [5.41, 5.74) is 1.94. The number of carbonyl (C=O) groups excluding carboxylic acids is 2. The summed E-state index contributed by atoms with van der Waals surface area (Å²) in [6.07, 6.45) is 3.06. The molecule has 0 spiro atoms. The summed E-state index contributed by atoms with van der Waals surface area (Å²) in [4.78, 5) is 29.9. The van der Waals surface area contributed by atoms with Gasteiger partial charge in [-0.25, -0.2) is 4.79 Å². The maximum atomic E-state index is 13.5. The molecule has 1 aliphatic rings. The Bertz CT molecular complexity index is 822. The van der Waals surface area contributed by atoms with Gasteiger partial charge in [-0.3, -0.25) is 4.79 Å². The van der Waals surface area contributed by atoms with Gasteiger partial charge in [-0.05, 0) is 56.5 Å². The second kappa shape index (κ2) is 10.2. The van der Waals surface area contributed by atoms with E-state index in [2.05, 4.69) is 24.1 Å². The molecular formula is C24H30N2O3. The van der Waals surface area contributed by atoms with E-state index in [0.29, 0.717) is 30.1 Å². The van der Waals surface area contributed by atoms with Crippen LogP contribution in [0.3, 0.4) is 0 Å². The number of piperidine rings is 1. The molecule has 2 aromatic rings. The molecule has 29 heavy (non-hydrogen) atoms. The van der Waals surface area contributed by atoms with E-state index in [1.807, 2.05) is 23.1 Å². The lowest BCUT2D eigenvalue weighted by molar-refractivity contribution is 0.0585. The fourth-order valence-corrected chi connectivity index (χ4v) is 4.05. The van der Waals surface area contributed by atoms with E-state index < -0.39 is 5.97 Å². The number of benzene rings is 2. The van der Waals surface area contributed by atoms with E-state index in [9.17, 15) is 9.59 Å². The molecule has 1 amide bonds. The van der Waals surface area contributed by atoms with Crippen LogP contribution in [0.5, 0.6) is 0 Å². The van der Waals surface area contributed by atoms with Gasteiger partial charge in [0.05, 0.1) is 18.2 Å². The van der Waals surface area contributed by atoms with E-state index in [-0.39, 0.29) is 5.91 Å². The van der Waals surface area contributed by atoms with E-state index in [0.717, 1.165) is 32.4 Å². The summed E-state index contributed by atoms with van der Waals surface area (Å²) in [7, 11) is 3.48. The molecule has 1 saturated heterocycles. The maximum absolute atomic E-state index is 13.5. The fourth-order valence-electron chi connectivity index (χ4n) is 4.05. The van der Waals surface area contributed by atoms with E-state index in [1.165, 1.54) is 12.7 Å². The van der Waals surface area contributed by atoms with Gasteiger partial charge in [-0.2, -0.15) is 0 Å². The molecular weight excluding hydrogens is 364 g/mol. The molecule has 0 N–H and O–H groups in total. The largest absolute Gasteiger partial charge is 0.465 e. The van der Waals surface area contributed by atoms with Gasteiger partial charge >= 0.3 is 5.97 Å². The van der Waals surface area contributed by atoms with Gasteiger partial charge in [0.25, 0.3) is 5.91 Å². The van der Waals surface area contributed by atoms with E-state index >= 15 is 0 Å². The minimum Gasteiger partial charge on any atom is -0.465 e. The van der Waals surface area contributed by atoms with E-state index in [1.54, 1.807) is 24.3 Å². The average molecular weight is 395 g/mol. The van der Waals surface area contributed by atoms with Gasteiger partial charge in [0, 0.05) is 19.6 Å². The number of esters is 1. The first-order valence-corrected chi connectivity index (χ1v) is 10.3. The second-order valence-corrected chi connectivity index (χ2v) is 7.79. The van der Waals surface area contributed by atoms with Crippen molar-refractivity contribution in [2.75, 3.05) is 40.3 Å². The SMILES string of the molecule is COC(=O)c1ccccc1C(=O)N(CCc1ccccc1)CC1CCCN(C)C1. The third-order valence-corrected chi connectivity index (χ3v) is 5.56. The quantitative estimate of drug-likeness (QED) is 0.675. The number of hydrogen-bond donors (Lipinski definition) is 0. The number of ether oxygens (including phenoxy) is 1. The second-order valence-electron chi connectivity index (χ2n) is 7.79. The monoisotopic (exact) mass is 394 g/mol. The lowest BCUT2D eigenvalue weighted by Gasteiger charge is -2.34. The topological polar surface area (TPSA) is 49.9 Å². The first-order valence-electron chi connectivity index (χ1n) is 10.3. The van der Waals surface area contributed by atoms with Crippen molar-refractivity contribution in [3.63, 3.8) is 0 Å². The smallest absolute Gasteiger partial charge is 0.338 e. The number of nitrogens with zero attached hydrogens (tertiary/aromatic N) is 2. The molecule has 1 unspecified atom stereocenters. The Morgan fingerprint density at radius 2 is 1.76 bits per heavy atom. The molecule has 1 aliphatic heterocycles. The van der Waals surface area contributed by atoms with Crippen molar-refractivity contribution in [3.8, 4) is 0 Å². The van der Waals surface area contributed by atoms with Crippen LogP contribution >= 0.6 is 0 Å². The summed E-state index contributed by atoms with van der Waals surface area (Å²) < 4.78 is 4.88. The molecule has 2 aromatic carbocycles. The van der Waals surface area contributed by atoms with Crippen LogP contribution in [-0.2, 0) is 11.2 Å². The van der Waals surface area contributed by atoms with Crippen molar-refractivity contribution >= 4 is 11.9 Å². The van der Waals surface area contributed by atoms with Crippen LogP contribution in [-0.4, -0.2) is 62.0 Å². The van der Waals surface area contributed by atoms with Crippen LogP contribution in [0.15, 0.2) is 54.6 Å². The lowest BCUT2D eigenvalue weighted by Crippen LogP contribution is -2.42. The number of methoxy groups -OCH3 is 1. The first kappa shape index (κ1) is 21.1. The Kier molecular flexibility index (Phi) is 7.42. The highest BCUT2D eigenvalue weighted by Gasteiger charge is 2.26. The predicted molar refractivity (Wildman–Crippen MR) is 114 cm³/mol. The maximum Gasteiger partial charge on any atom is 0.338 e. The highest BCUT2D eigenvalue weighted by atomic mass is 16.5. The molecule has 5 heteroatoms. The van der Waals surface area contributed by atoms with Gasteiger partial charge in [-0.1, -0.05) is 42.5 Å². The van der Waals surface area contributed by atoms with Crippen LogP contribution < -0.4 is 0 Å². The molecule has 0 aromatic heterocycles. The molecule has 0 saturated carbocycles. The Hall–Kier alpha value is -2.66. The number of amides is 1. The molecule has 1 fully saturated rings. The summed E-state index contributed by atoms with van der Waals surface area (Å²) in [6, 6.07) is 17.1. The summed E-state index contributed by atoms with van der Waals surface area (Å²) in [5, 5.41) is 0. The predicted octanol–water partition coefficient (Wildman–Crippen LogP) is 3.50. The van der Waals surface area contributed by atoms with Crippen LogP contribution in [0, 0.1) is 5.92 Å². The van der Waals surface area contributed by atoms with Crippen molar-refractivity contribution in [2.24, 2.45) is 5.92 Å². The number of hydrogen-bond acceptors (Lipinski definition) is 4. The van der Waals surface area contributed by atoms with Gasteiger partial charge in [0.1, 0.15) is 0 Å². The zero-order chi connectivity index (χ0) is 20.6. The highest BCUT2D eigenvalue weighted by molar-refractivity contribution is 6.05. The van der Waals surface area contributed by atoms with Gasteiger partial charge in [0.15, 0.2) is 0 Å². The number of carbonyl (C=O) groups is 2. The van der Waals surface area contributed by atoms with Crippen molar-refractivity contribution in [2.45, 2.75) is 19.3 Å². The van der Waals surface area contributed by atoms with Crippen molar-refractivity contribution in [1.29, 1.82) is 0 Å². The average Bonchev–Trinajstić information content (AvgIpc) is 2.76. The van der Waals surface area contributed by atoms with E-state index in [4.69, 9.17) is 4.74 Å². The molecule has 1 atom stereocenters. The van der Waals surface area contributed by atoms with Crippen molar-refractivity contribution in [1.82, 2.24) is 9.80 Å². The summed E-state index contributed by atoms with van der Waals surface area (Å²) in [6.45, 7) is 3.43. The third kappa shape index (κ3) is 5.67. The minimum absolute atomic E-state index is 0.102. The van der Waals surface area contributed by atoms with Gasteiger partial charge in [0.2, 0.25) is 0 Å². The lowest BCUT2D eigenvalue weighted by atomic mass is 9.97.